The number of amides is 3. The van der Waals surface area contributed by atoms with E-state index in [0.29, 0.717) is 42.1 Å². The highest BCUT2D eigenvalue weighted by Gasteiger charge is 2.22. The van der Waals surface area contributed by atoms with E-state index in [-0.39, 0.29) is 17.9 Å². The van der Waals surface area contributed by atoms with Crippen molar-refractivity contribution in [3.8, 4) is 0 Å². The molecule has 8 nitrogen and oxygen atoms in total. The molecule has 3 aromatic carbocycles. The molecular formula is C27H28N4O4. The van der Waals surface area contributed by atoms with Crippen molar-refractivity contribution in [2.75, 3.05) is 43.9 Å². The van der Waals surface area contributed by atoms with Crippen LogP contribution in [-0.2, 0) is 11.3 Å². The molecule has 3 amide bonds. The van der Waals surface area contributed by atoms with Crippen molar-refractivity contribution in [3.63, 3.8) is 0 Å². The van der Waals surface area contributed by atoms with E-state index in [2.05, 4.69) is 15.5 Å². The molecule has 4 rings (SSSR count). The van der Waals surface area contributed by atoms with Crippen LogP contribution in [0.1, 0.15) is 26.3 Å². The first kappa shape index (κ1) is 24.0. The number of urea groups is 1. The molecule has 0 saturated carbocycles. The first-order valence-corrected chi connectivity index (χ1v) is 11.4. The summed E-state index contributed by atoms with van der Waals surface area (Å²) in [5.74, 6) is -0.377. The molecule has 1 fully saturated rings. The van der Waals surface area contributed by atoms with Crippen LogP contribution >= 0.6 is 0 Å². The van der Waals surface area contributed by atoms with E-state index in [4.69, 9.17) is 4.74 Å². The van der Waals surface area contributed by atoms with E-state index >= 15 is 0 Å². The van der Waals surface area contributed by atoms with Crippen LogP contribution in [0.25, 0.3) is 0 Å². The van der Waals surface area contributed by atoms with Crippen LogP contribution in [-0.4, -0.2) is 61.0 Å². The Balaban J connectivity index is 1.27. The fourth-order valence-corrected chi connectivity index (χ4v) is 3.98. The van der Waals surface area contributed by atoms with Crippen LogP contribution in [0.15, 0.2) is 78.9 Å². The van der Waals surface area contributed by atoms with Gasteiger partial charge in [-0.1, -0.05) is 30.3 Å². The van der Waals surface area contributed by atoms with Gasteiger partial charge in [-0.25, -0.2) is 9.59 Å². The normalized spacial score (nSPS) is 13.7. The minimum Gasteiger partial charge on any atom is -0.465 e. The lowest BCUT2D eigenvalue weighted by molar-refractivity contribution is 0.0595. The van der Waals surface area contributed by atoms with E-state index in [0.717, 1.165) is 18.7 Å². The Morgan fingerprint density at radius 2 is 1.43 bits per heavy atom. The van der Waals surface area contributed by atoms with Crippen LogP contribution in [0.3, 0.4) is 0 Å². The van der Waals surface area contributed by atoms with E-state index in [9.17, 15) is 14.4 Å². The van der Waals surface area contributed by atoms with Gasteiger partial charge in [-0.15, -0.1) is 0 Å². The predicted octanol–water partition coefficient (Wildman–Crippen LogP) is 4.08. The largest absolute Gasteiger partial charge is 0.465 e. The number of esters is 1. The summed E-state index contributed by atoms with van der Waals surface area (Å²) < 4.78 is 4.79. The standard InChI is InChI=1S/C27H28N4O4/c1-35-26(33)22-7-5-6-20(18-22)19-30-14-16-31(17-15-30)25(32)21-10-12-24(13-11-21)29-27(34)28-23-8-3-2-4-9-23/h2-13,18H,14-17,19H2,1H3,(H2,28,29,34). The van der Waals surface area contributed by atoms with Crippen molar-refractivity contribution < 1.29 is 19.1 Å². The Kier molecular flexibility index (Phi) is 7.74. The zero-order chi connectivity index (χ0) is 24.6. The van der Waals surface area contributed by atoms with Gasteiger partial charge in [-0.2, -0.15) is 0 Å². The van der Waals surface area contributed by atoms with Crippen molar-refractivity contribution in [2.45, 2.75) is 6.54 Å². The van der Waals surface area contributed by atoms with Gasteiger partial charge in [0.05, 0.1) is 12.7 Å². The van der Waals surface area contributed by atoms with Gasteiger partial charge < -0.3 is 20.3 Å². The molecule has 1 aliphatic heterocycles. The lowest BCUT2D eigenvalue weighted by Crippen LogP contribution is -2.48. The van der Waals surface area contributed by atoms with Gasteiger partial charge in [0, 0.05) is 49.7 Å². The molecule has 0 aromatic heterocycles. The van der Waals surface area contributed by atoms with Crippen LogP contribution < -0.4 is 10.6 Å². The van der Waals surface area contributed by atoms with Gasteiger partial charge in [0.15, 0.2) is 0 Å². The second-order valence-corrected chi connectivity index (χ2v) is 8.28. The summed E-state index contributed by atoms with van der Waals surface area (Å²) in [5, 5.41) is 5.53. The number of benzene rings is 3. The highest BCUT2D eigenvalue weighted by Crippen LogP contribution is 2.16. The second-order valence-electron chi connectivity index (χ2n) is 8.28. The molecule has 0 spiro atoms. The lowest BCUT2D eigenvalue weighted by atomic mass is 10.1. The number of carbonyl (C=O) groups excluding carboxylic acids is 3. The zero-order valence-electron chi connectivity index (χ0n) is 19.6. The van der Waals surface area contributed by atoms with E-state index in [1.165, 1.54) is 7.11 Å². The predicted molar refractivity (Wildman–Crippen MR) is 134 cm³/mol. The van der Waals surface area contributed by atoms with Crippen molar-refractivity contribution in [1.29, 1.82) is 0 Å². The molecule has 0 unspecified atom stereocenters. The molecule has 0 radical (unpaired) electrons. The zero-order valence-corrected chi connectivity index (χ0v) is 19.6. The summed E-state index contributed by atoms with van der Waals surface area (Å²) in [6, 6.07) is 23.2. The quantitative estimate of drug-likeness (QED) is 0.528. The lowest BCUT2D eigenvalue weighted by Gasteiger charge is -2.34. The molecule has 1 aliphatic rings. The Labute approximate surface area is 204 Å². The number of rotatable bonds is 6. The van der Waals surface area contributed by atoms with Crippen molar-refractivity contribution in [3.05, 3.63) is 95.6 Å². The maximum absolute atomic E-state index is 12.9. The molecule has 0 aliphatic carbocycles. The molecule has 180 valence electrons. The van der Waals surface area contributed by atoms with Crippen molar-refractivity contribution >= 4 is 29.3 Å². The first-order valence-electron chi connectivity index (χ1n) is 11.4. The third kappa shape index (κ3) is 6.45. The molecule has 0 bridgehead atoms. The highest BCUT2D eigenvalue weighted by molar-refractivity contribution is 6.00. The number of piperazine rings is 1. The number of methoxy groups -OCH3 is 1. The monoisotopic (exact) mass is 472 g/mol. The van der Waals surface area contributed by atoms with E-state index in [1.807, 2.05) is 41.3 Å². The SMILES string of the molecule is COC(=O)c1cccc(CN2CCN(C(=O)c3ccc(NC(=O)Nc4ccccc4)cc3)CC2)c1. The molecule has 1 saturated heterocycles. The summed E-state index contributed by atoms with van der Waals surface area (Å²) >= 11 is 0. The maximum Gasteiger partial charge on any atom is 0.337 e. The average Bonchev–Trinajstić information content (AvgIpc) is 2.89. The summed E-state index contributed by atoms with van der Waals surface area (Å²) in [4.78, 5) is 41.0. The number of anilines is 2. The molecule has 2 N–H and O–H groups in total. The minimum atomic E-state index is -0.347. The van der Waals surface area contributed by atoms with E-state index < -0.39 is 0 Å². The topological polar surface area (TPSA) is 91.0 Å². The minimum absolute atomic E-state index is 0.0300. The number of hydrogen-bond acceptors (Lipinski definition) is 5. The molecule has 35 heavy (non-hydrogen) atoms. The summed E-state index contributed by atoms with van der Waals surface area (Å²) in [5.41, 5.74) is 3.46. The number of nitrogens with zero attached hydrogens (tertiary/aromatic N) is 2. The molecule has 3 aromatic rings. The summed E-state index contributed by atoms with van der Waals surface area (Å²) in [6.07, 6.45) is 0. The fraction of sp³-hybridized carbons (Fsp3) is 0.222. The third-order valence-electron chi connectivity index (χ3n) is 5.84. The Morgan fingerprint density at radius 1 is 0.771 bits per heavy atom. The first-order chi connectivity index (χ1) is 17.0. The third-order valence-corrected chi connectivity index (χ3v) is 5.84. The van der Waals surface area contributed by atoms with Gasteiger partial charge in [-0.3, -0.25) is 9.69 Å². The molecular weight excluding hydrogens is 444 g/mol. The van der Waals surface area contributed by atoms with Crippen molar-refractivity contribution in [2.24, 2.45) is 0 Å². The number of para-hydroxylation sites is 1. The molecule has 8 heteroatoms. The number of nitrogens with one attached hydrogen (secondary N) is 2. The van der Waals surface area contributed by atoms with Gasteiger partial charge in [0.2, 0.25) is 0 Å². The smallest absolute Gasteiger partial charge is 0.337 e. The number of carbonyl (C=O) groups is 3. The van der Waals surface area contributed by atoms with Crippen LogP contribution in [0, 0.1) is 0 Å². The number of hydrogen-bond donors (Lipinski definition) is 2. The number of ether oxygens (including phenoxy) is 1. The van der Waals surface area contributed by atoms with Gasteiger partial charge in [0.25, 0.3) is 5.91 Å². The summed E-state index contributed by atoms with van der Waals surface area (Å²) in [7, 11) is 1.37. The van der Waals surface area contributed by atoms with Crippen LogP contribution in [0.5, 0.6) is 0 Å². The Hall–Kier alpha value is -4.17. The van der Waals surface area contributed by atoms with Gasteiger partial charge in [-0.05, 0) is 54.1 Å². The van der Waals surface area contributed by atoms with E-state index in [1.54, 1.807) is 42.5 Å². The van der Waals surface area contributed by atoms with Gasteiger partial charge in [0.1, 0.15) is 0 Å². The highest BCUT2D eigenvalue weighted by atomic mass is 16.5. The molecule has 0 atom stereocenters. The fourth-order valence-electron chi connectivity index (χ4n) is 3.98. The van der Waals surface area contributed by atoms with Gasteiger partial charge >= 0.3 is 12.0 Å². The average molecular weight is 473 g/mol. The summed E-state index contributed by atoms with van der Waals surface area (Å²) in [6.45, 7) is 3.43. The van der Waals surface area contributed by atoms with Crippen molar-refractivity contribution in [1.82, 2.24) is 9.80 Å². The van der Waals surface area contributed by atoms with Crippen LogP contribution in [0.4, 0.5) is 16.2 Å². The maximum atomic E-state index is 12.9. The van der Waals surface area contributed by atoms with Crippen LogP contribution in [0.2, 0.25) is 0 Å². The second kappa shape index (κ2) is 11.3. The Morgan fingerprint density at radius 3 is 2.09 bits per heavy atom. The molecule has 1 heterocycles. The Bertz CT molecular complexity index is 1170.